The third kappa shape index (κ3) is 4.32. The third-order valence-electron chi connectivity index (χ3n) is 5.38. The highest BCUT2D eigenvalue weighted by molar-refractivity contribution is 6.42. The summed E-state index contributed by atoms with van der Waals surface area (Å²) in [5.74, 6) is 1.20. The fraction of sp³-hybridized carbons (Fsp3) is 0.417. The van der Waals surface area contributed by atoms with Crippen molar-refractivity contribution in [2.45, 2.75) is 65.6 Å². The van der Waals surface area contributed by atoms with E-state index in [2.05, 4.69) is 15.2 Å². The average molecular weight is 503 g/mol. The molecule has 4 rings (SSSR count). The summed E-state index contributed by atoms with van der Waals surface area (Å²) in [5.41, 5.74) is 1.24. The lowest BCUT2D eigenvalue weighted by Crippen LogP contribution is -2.41. The van der Waals surface area contributed by atoms with Crippen LogP contribution in [0.15, 0.2) is 42.5 Å². The molecule has 10 heteroatoms. The standard InChI is InChI=1S/C24H28Cl2N6O2/c1-14-19(21-27-13-29-32(21)23(2,3)4)20(15-8-9-16(25)17(26)12-15)31-18(10-11-28-31)30(14)22(33)34-24(5,6)7/h8-13,20H,1-7H3/t20-/m1/s1. The van der Waals surface area contributed by atoms with Gasteiger partial charge in [-0.1, -0.05) is 29.3 Å². The number of allylic oxidation sites excluding steroid dienone is 2. The molecule has 0 bridgehead atoms. The number of benzene rings is 1. The van der Waals surface area contributed by atoms with Crippen molar-refractivity contribution in [1.82, 2.24) is 24.5 Å². The fourth-order valence-corrected chi connectivity index (χ4v) is 4.33. The number of nitrogens with zero attached hydrogens (tertiary/aromatic N) is 6. The Labute approximate surface area is 209 Å². The van der Waals surface area contributed by atoms with Gasteiger partial charge in [-0.05, 0) is 66.2 Å². The van der Waals surface area contributed by atoms with Crippen molar-refractivity contribution in [3.05, 3.63) is 63.9 Å². The maximum atomic E-state index is 13.4. The molecule has 180 valence electrons. The molecule has 0 N–H and O–H groups in total. The second kappa shape index (κ2) is 8.43. The maximum absolute atomic E-state index is 13.4. The summed E-state index contributed by atoms with van der Waals surface area (Å²) in [5, 5.41) is 9.95. The first kappa shape index (κ1) is 24.3. The SMILES string of the molecule is CC1=C(c2ncnn2C(C)(C)C)[C@@H](c2ccc(Cl)c(Cl)c2)n2nccc2N1C(=O)OC(C)(C)C. The zero-order valence-corrected chi connectivity index (χ0v) is 21.8. The summed E-state index contributed by atoms with van der Waals surface area (Å²) in [7, 11) is 0. The molecular weight excluding hydrogens is 475 g/mol. The predicted octanol–water partition coefficient (Wildman–Crippen LogP) is 6.31. The van der Waals surface area contributed by atoms with E-state index in [0.29, 0.717) is 27.4 Å². The van der Waals surface area contributed by atoms with Gasteiger partial charge in [-0.15, -0.1) is 0 Å². The molecule has 0 radical (unpaired) electrons. The van der Waals surface area contributed by atoms with E-state index in [9.17, 15) is 4.79 Å². The van der Waals surface area contributed by atoms with Gasteiger partial charge in [0.1, 0.15) is 23.8 Å². The van der Waals surface area contributed by atoms with Crippen molar-refractivity contribution in [1.29, 1.82) is 0 Å². The minimum Gasteiger partial charge on any atom is -0.443 e. The monoisotopic (exact) mass is 502 g/mol. The lowest BCUT2D eigenvalue weighted by atomic mass is 9.93. The van der Waals surface area contributed by atoms with E-state index in [4.69, 9.17) is 27.9 Å². The van der Waals surface area contributed by atoms with Crippen molar-refractivity contribution in [2.75, 3.05) is 4.90 Å². The van der Waals surface area contributed by atoms with Gasteiger partial charge in [0, 0.05) is 17.3 Å². The van der Waals surface area contributed by atoms with Crippen LogP contribution in [-0.2, 0) is 10.3 Å². The van der Waals surface area contributed by atoms with Crippen LogP contribution < -0.4 is 4.90 Å². The molecule has 1 aliphatic rings. The number of hydrogen-bond donors (Lipinski definition) is 0. The van der Waals surface area contributed by atoms with Crippen molar-refractivity contribution in [3.63, 3.8) is 0 Å². The van der Waals surface area contributed by atoms with E-state index in [1.807, 2.05) is 65.3 Å². The van der Waals surface area contributed by atoms with E-state index in [1.165, 1.54) is 11.2 Å². The summed E-state index contributed by atoms with van der Waals surface area (Å²) >= 11 is 12.6. The molecule has 0 aliphatic carbocycles. The zero-order chi connectivity index (χ0) is 25.0. The lowest BCUT2D eigenvalue weighted by Gasteiger charge is -2.37. The Hall–Kier alpha value is -2.84. The molecule has 0 saturated carbocycles. The van der Waals surface area contributed by atoms with Crippen LogP contribution in [0.3, 0.4) is 0 Å². The highest BCUT2D eigenvalue weighted by atomic mass is 35.5. The number of fused-ring (bicyclic) bond motifs is 1. The van der Waals surface area contributed by atoms with Crippen molar-refractivity contribution in [2.24, 2.45) is 0 Å². The van der Waals surface area contributed by atoms with Crippen LogP contribution in [0, 0.1) is 0 Å². The number of aromatic nitrogens is 5. The van der Waals surface area contributed by atoms with Crippen LogP contribution in [0.25, 0.3) is 5.57 Å². The van der Waals surface area contributed by atoms with Crippen LogP contribution in [0.4, 0.5) is 10.6 Å². The summed E-state index contributed by atoms with van der Waals surface area (Å²) < 4.78 is 9.36. The fourth-order valence-electron chi connectivity index (χ4n) is 4.02. The van der Waals surface area contributed by atoms with Crippen LogP contribution in [0.5, 0.6) is 0 Å². The maximum Gasteiger partial charge on any atom is 0.420 e. The molecule has 1 aromatic carbocycles. The number of carbonyl (C=O) groups excluding carboxylic acids is 1. The van der Waals surface area contributed by atoms with Gasteiger partial charge in [0.15, 0.2) is 5.82 Å². The largest absolute Gasteiger partial charge is 0.443 e. The average Bonchev–Trinajstić information content (AvgIpc) is 3.36. The molecule has 1 atom stereocenters. The summed E-state index contributed by atoms with van der Waals surface area (Å²) in [6.07, 6.45) is 2.67. The van der Waals surface area contributed by atoms with Crippen molar-refractivity contribution in [3.8, 4) is 0 Å². The Bertz CT molecular complexity index is 1280. The molecule has 0 saturated heterocycles. The number of ether oxygens (including phenoxy) is 1. The van der Waals surface area contributed by atoms with Crippen LogP contribution >= 0.6 is 23.2 Å². The second-order valence-electron chi connectivity index (χ2n) is 10.2. The molecule has 0 fully saturated rings. The summed E-state index contributed by atoms with van der Waals surface area (Å²) in [6.45, 7) is 13.5. The van der Waals surface area contributed by atoms with Crippen molar-refractivity contribution < 1.29 is 9.53 Å². The van der Waals surface area contributed by atoms with Crippen LogP contribution in [0.1, 0.15) is 65.9 Å². The van der Waals surface area contributed by atoms with Gasteiger partial charge in [-0.3, -0.25) is 0 Å². The Morgan fingerprint density at radius 1 is 1.03 bits per heavy atom. The normalized spacial score (nSPS) is 16.6. The van der Waals surface area contributed by atoms with Crippen molar-refractivity contribution >= 4 is 40.7 Å². The molecular formula is C24H28Cl2N6O2. The predicted molar refractivity (Wildman–Crippen MR) is 133 cm³/mol. The first-order valence-corrected chi connectivity index (χ1v) is 11.7. The Balaban J connectivity index is 2.01. The zero-order valence-electron chi connectivity index (χ0n) is 20.3. The smallest absolute Gasteiger partial charge is 0.420 e. The Morgan fingerprint density at radius 2 is 1.74 bits per heavy atom. The molecule has 34 heavy (non-hydrogen) atoms. The molecule has 0 unspecified atom stereocenters. The topological polar surface area (TPSA) is 78.1 Å². The number of anilines is 1. The van der Waals surface area contributed by atoms with Gasteiger partial charge < -0.3 is 4.74 Å². The molecule has 0 spiro atoms. The van der Waals surface area contributed by atoms with Gasteiger partial charge in [0.25, 0.3) is 0 Å². The number of halogens is 2. The number of amides is 1. The minimum absolute atomic E-state index is 0.359. The van der Waals surface area contributed by atoms with Gasteiger partial charge in [0.05, 0.1) is 21.8 Å². The van der Waals surface area contributed by atoms with Gasteiger partial charge in [-0.25, -0.2) is 24.0 Å². The first-order chi connectivity index (χ1) is 15.8. The Morgan fingerprint density at radius 3 is 2.35 bits per heavy atom. The molecule has 1 aliphatic heterocycles. The molecule has 8 nitrogen and oxygen atoms in total. The third-order valence-corrected chi connectivity index (χ3v) is 6.12. The van der Waals surface area contributed by atoms with Crippen LogP contribution in [0.2, 0.25) is 10.0 Å². The van der Waals surface area contributed by atoms with Gasteiger partial charge >= 0.3 is 6.09 Å². The summed E-state index contributed by atoms with van der Waals surface area (Å²) in [6, 6.07) is 6.82. The molecule has 2 aromatic heterocycles. The van der Waals surface area contributed by atoms with Gasteiger partial charge in [-0.2, -0.15) is 10.2 Å². The molecule has 1 amide bonds. The highest BCUT2D eigenvalue weighted by Crippen LogP contribution is 2.45. The quantitative estimate of drug-likeness (QED) is 0.410. The van der Waals surface area contributed by atoms with E-state index < -0.39 is 17.7 Å². The summed E-state index contributed by atoms with van der Waals surface area (Å²) in [4.78, 5) is 19.5. The van der Waals surface area contributed by atoms with E-state index in [-0.39, 0.29) is 5.54 Å². The minimum atomic E-state index is -0.672. The molecule has 3 aromatic rings. The van der Waals surface area contributed by atoms with Gasteiger partial charge in [0.2, 0.25) is 0 Å². The highest BCUT2D eigenvalue weighted by Gasteiger charge is 2.40. The van der Waals surface area contributed by atoms with E-state index >= 15 is 0 Å². The lowest BCUT2D eigenvalue weighted by molar-refractivity contribution is 0.0589. The van der Waals surface area contributed by atoms with Crippen LogP contribution in [-0.4, -0.2) is 36.2 Å². The number of hydrogen-bond acceptors (Lipinski definition) is 5. The number of carbonyl (C=O) groups is 1. The molecule has 3 heterocycles. The number of rotatable bonds is 2. The van der Waals surface area contributed by atoms with E-state index in [1.54, 1.807) is 23.0 Å². The second-order valence-corrected chi connectivity index (χ2v) is 11.0. The van der Waals surface area contributed by atoms with E-state index in [0.717, 1.165) is 11.1 Å². The first-order valence-electron chi connectivity index (χ1n) is 10.9. The Kier molecular flexibility index (Phi) is 6.02.